The summed E-state index contributed by atoms with van der Waals surface area (Å²) < 4.78 is 28.3. The topological polar surface area (TPSA) is 50.3 Å². The average Bonchev–Trinajstić information content (AvgIpc) is 2.55. The third-order valence-corrected chi connectivity index (χ3v) is 6.29. The first kappa shape index (κ1) is 18.1. The highest BCUT2D eigenvalue weighted by molar-refractivity contribution is 9.10. The summed E-state index contributed by atoms with van der Waals surface area (Å²) in [5.74, 6) is 0. The van der Waals surface area contributed by atoms with Gasteiger partial charge < -0.3 is 0 Å². The molecule has 1 heterocycles. The molecule has 0 radical (unpaired) electrons. The average molecular weight is 397 g/mol. The fourth-order valence-electron chi connectivity index (χ4n) is 2.45. The molecular formula is C17H21BrN2O2S. The van der Waals surface area contributed by atoms with E-state index in [1.807, 2.05) is 38.1 Å². The lowest BCUT2D eigenvalue weighted by Crippen LogP contribution is -2.33. The number of aryl methyl sites for hydroxylation is 1. The van der Waals surface area contributed by atoms with Gasteiger partial charge in [-0.15, -0.1) is 0 Å². The highest BCUT2D eigenvalue weighted by Gasteiger charge is 2.25. The fourth-order valence-corrected chi connectivity index (χ4v) is 4.58. The van der Waals surface area contributed by atoms with Crippen LogP contribution in [0.1, 0.15) is 25.1 Å². The van der Waals surface area contributed by atoms with Crippen LogP contribution in [0.25, 0.3) is 0 Å². The molecule has 0 aliphatic carbocycles. The summed E-state index contributed by atoms with van der Waals surface area (Å²) in [6, 6.07) is 11.0. The Hall–Kier alpha value is -1.24. The number of likely N-dealkylation sites (N-methyl/N-ethyl adjacent to an activating group) is 1. The first-order valence-corrected chi connectivity index (χ1v) is 9.90. The highest BCUT2D eigenvalue weighted by atomic mass is 79.9. The molecule has 0 spiro atoms. The lowest BCUT2D eigenvalue weighted by molar-refractivity contribution is 0.429. The Balaban J connectivity index is 2.25. The van der Waals surface area contributed by atoms with Gasteiger partial charge in [0.05, 0.1) is 4.90 Å². The van der Waals surface area contributed by atoms with Crippen molar-refractivity contribution in [2.75, 3.05) is 13.1 Å². The molecule has 23 heavy (non-hydrogen) atoms. The number of aromatic nitrogens is 1. The van der Waals surface area contributed by atoms with Crippen molar-refractivity contribution in [1.29, 1.82) is 0 Å². The normalized spacial score (nSPS) is 11.8. The van der Waals surface area contributed by atoms with Crippen LogP contribution in [-0.4, -0.2) is 30.8 Å². The van der Waals surface area contributed by atoms with Crippen molar-refractivity contribution in [2.45, 2.75) is 31.6 Å². The van der Waals surface area contributed by atoms with Crippen LogP contribution in [0.5, 0.6) is 0 Å². The van der Waals surface area contributed by atoms with Gasteiger partial charge in [-0.25, -0.2) is 8.42 Å². The van der Waals surface area contributed by atoms with Crippen LogP contribution in [0.2, 0.25) is 0 Å². The number of hydrogen-bond donors (Lipinski definition) is 0. The lowest BCUT2D eigenvalue weighted by atomic mass is 10.2. The minimum absolute atomic E-state index is 0.395. The summed E-state index contributed by atoms with van der Waals surface area (Å²) in [6.45, 7) is 4.69. The zero-order valence-corrected chi connectivity index (χ0v) is 15.8. The van der Waals surface area contributed by atoms with Gasteiger partial charge in [0.1, 0.15) is 0 Å². The molecule has 0 saturated heterocycles. The van der Waals surface area contributed by atoms with E-state index < -0.39 is 10.0 Å². The number of halogens is 1. The lowest BCUT2D eigenvalue weighted by Gasteiger charge is -2.22. The fraction of sp³-hybridized carbons (Fsp3) is 0.353. The number of benzene rings is 1. The van der Waals surface area contributed by atoms with Crippen LogP contribution in [0.15, 0.2) is 52.0 Å². The van der Waals surface area contributed by atoms with Gasteiger partial charge in [0.2, 0.25) is 10.0 Å². The Morgan fingerprint density at radius 3 is 2.57 bits per heavy atom. The molecule has 0 bridgehead atoms. The Morgan fingerprint density at radius 2 is 1.96 bits per heavy atom. The second kappa shape index (κ2) is 8.04. The second-order valence-electron chi connectivity index (χ2n) is 5.17. The molecule has 124 valence electrons. The molecule has 2 rings (SSSR count). The zero-order chi connectivity index (χ0) is 16.9. The second-order valence-corrected chi connectivity index (χ2v) is 8.00. The van der Waals surface area contributed by atoms with Crippen molar-refractivity contribution in [2.24, 2.45) is 0 Å². The molecule has 0 aliphatic heterocycles. The zero-order valence-electron chi connectivity index (χ0n) is 13.4. The van der Waals surface area contributed by atoms with Gasteiger partial charge in [0.25, 0.3) is 0 Å². The van der Waals surface area contributed by atoms with Crippen molar-refractivity contribution < 1.29 is 8.42 Å². The molecule has 0 amide bonds. The third kappa shape index (κ3) is 4.40. The number of pyridine rings is 1. The van der Waals surface area contributed by atoms with E-state index in [0.717, 1.165) is 15.7 Å². The van der Waals surface area contributed by atoms with E-state index in [2.05, 4.69) is 20.9 Å². The molecule has 0 fully saturated rings. The molecule has 0 atom stereocenters. The van der Waals surface area contributed by atoms with Crippen molar-refractivity contribution in [3.05, 3.63) is 58.3 Å². The highest BCUT2D eigenvalue weighted by Crippen LogP contribution is 2.24. The van der Waals surface area contributed by atoms with Crippen molar-refractivity contribution in [3.63, 3.8) is 0 Å². The van der Waals surface area contributed by atoms with E-state index in [9.17, 15) is 8.42 Å². The van der Waals surface area contributed by atoms with Crippen LogP contribution in [0.4, 0.5) is 0 Å². The SMILES string of the molecule is CCc1cc(Br)ccc1S(=O)(=O)N(CC)CCc1ccccn1. The van der Waals surface area contributed by atoms with Gasteiger partial charge >= 0.3 is 0 Å². The van der Waals surface area contributed by atoms with Gasteiger partial charge in [0.15, 0.2) is 0 Å². The maximum absolute atomic E-state index is 13.0. The number of sulfonamides is 1. The van der Waals surface area contributed by atoms with E-state index in [1.165, 1.54) is 4.31 Å². The quantitative estimate of drug-likeness (QED) is 0.717. The summed E-state index contributed by atoms with van der Waals surface area (Å²) in [6.07, 6.45) is 3.00. The number of rotatable bonds is 7. The largest absolute Gasteiger partial charge is 0.261 e. The minimum atomic E-state index is -3.50. The molecule has 0 N–H and O–H groups in total. The summed E-state index contributed by atoms with van der Waals surface area (Å²) in [7, 11) is -3.50. The Labute approximate surface area is 146 Å². The van der Waals surface area contributed by atoms with Gasteiger partial charge in [0, 0.05) is 35.9 Å². The summed E-state index contributed by atoms with van der Waals surface area (Å²) >= 11 is 3.40. The molecule has 2 aromatic rings. The minimum Gasteiger partial charge on any atom is -0.261 e. The number of nitrogens with zero attached hydrogens (tertiary/aromatic N) is 2. The predicted octanol–water partition coefficient (Wildman–Crippen LogP) is 3.66. The molecular weight excluding hydrogens is 376 g/mol. The molecule has 0 unspecified atom stereocenters. The van der Waals surface area contributed by atoms with E-state index in [0.29, 0.717) is 30.8 Å². The van der Waals surface area contributed by atoms with Gasteiger partial charge in [-0.2, -0.15) is 4.31 Å². The summed E-state index contributed by atoms with van der Waals surface area (Å²) in [4.78, 5) is 4.65. The third-order valence-electron chi connectivity index (χ3n) is 3.72. The smallest absolute Gasteiger partial charge is 0.243 e. The molecule has 1 aromatic heterocycles. The predicted molar refractivity (Wildman–Crippen MR) is 95.9 cm³/mol. The van der Waals surface area contributed by atoms with Crippen LogP contribution in [0.3, 0.4) is 0 Å². The summed E-state index contributed by atoms with van der Waals surface area (Å²) in [5.41, 5.74) is 1.73. The Kier molecular flexibility index (Phi) is 6.33. The van der Waals surface area contributed by atoms with Crippen molar-refractivity contribution in [3.8, 4) is 0 Å². The van der Waals surface area contributed by atoms with Crippen LogP contribution < -0.4 is 0 Å². The molecule has 6 heteroatoms. The van der Waals surface area contributed by atoms with E-state index >= 15 is 0 Å². The van der Waals surface area contributed by atoms with Gasteiger partial charge in [-0.3, -0.25) is 4.98 Å². The molecule has 0 saturated carbocycles. The van der Waals surface area contributed by atoms with E-state index in [-0.39, 0.29) is 0 Å². The van der Waals surface area contributed by atoms with Crippen LogP contribution >= 0.6 is 15.9 Å². The maximum atomic E-state index is 13.0. The first-order valence-electron chi connectivity index (χ1n) is 7.67. The summed E-state index contributed by atoms with van der Waals surface area (Å²) in [5, 5.41) is 0. The molecule has 1 aromatic carbocycles. The Morgan fingerprint density at radius 1 is 1.17 bits per heavy atom. The maximum Gasteiger partial charge on any atom is 0.243 e. The standard InChI is InChI=1S/C17H21BrN2O2S/c1-3-14-13-15(18)8-9-17(14)23(21,22)20(4-2)12-10-16-7-5-6-11-19-16/h5-9,11,13H,3-4,10,12H2,1-2H3. The van der Waals surface area contributed by atoms with Crippen molar-refractivity contribution >= 4 is 26.0 Å². The molecule has 0 aliphatic rings. The Bertz CT molecular complexity index is 748. The van der Waals surface area contributed by atoms with E-state index in [4.69, 9.17) is 0 Å². The molecule has 4 nitrogen and oxygen atoms in total. The van der Waals surface area contributed by atoms with Crippen molar-refractivity contribution in [1.82, 2.24) is 9.29 Å². The monoisotopic (exact) mass is 396 g/mol. The van der Waals surface area contributed by atoms with Gasteiger partial charge in [-0.1, -0.05) is 35.8 Å². The van der Waals surface area contributed by atoms with E-state index in [1.54, 1.807) is 18.3 Å². The van der Waals surface area contributed by atoms with Gasteiger partial charge in [-0.05, 0) is 42.3 Å². The number of hydrogen-bond acceptors (Lipinski definition) is 3. The van der Waals surface area contributed by atoms with Crippen LogP contribution in [-0.2, 0) is 22.9 Å². The first-order chi connectivity index (χ1) is 11.0. The van der Waals surface area contributed by atoms with Crippen LogP contribution in [0, 0.1) is 0 Å².